The molecular formula is C20H17ClN4O3. The summed E-state index contributed by atoms with van der Waals surface area (Å²) in [7, 11) is 1.28. The average Bonchev–Trinajstić information content (AvgIpc) is 2.74. The Balaban J connectivity index is 1.72. The zero-order valence-corrected chi connectivity index (χ0v) is 15.7. The topological polar surface area (TPSA) is 93.2 Å². The van der Waals surface area contributed by atoms with E-state index in [0.717, 1.165) is 5.56 Å². The zero-order chi connectivity index (χ0) is 19.9. The van der Waals surface area contributed by atoms with Gasteiger partial charge in [0.2, 0.25) is 0 Å². The number of rotatable bonds is 6. The molecule has 2 N–H and O–H groups in total. The van der Waals surface area contributed by atoms with E-state index >= 15 is 0 Å². The summed E-state index contributed by atoms with van der Waals surface area (Å²) in [5, 5.41) is 6.20. The van der Waals surface area contributed by atoms with Crippen molar-refractivity contribution in [2.45, 2.75) is 6.54 Å². The number of methoxy groups -OCH3 is 1. The van der Waals surface area contributed by atoms with Gasteiger partial charge in [0.25, 0.3) is 5.91 Å². The molecule has 3 aromatic rings. The van der Waals surface area contributed by atoms with Crippen LogP contribution in [-0.2, 0) is 11.3 Å². The predicted octanol–water partition coefficient (Wildman–Crippen LogP) is 3.78. The molecule has 0 saturated heterocycles. The van der Waals surface area contributed by atoms with E-state index in [1.165, 1.54) is 31.5 Å². The molecule has 142 valence electrons. The van der Waals surface area contributed by atoms with Gasteiger partial charge in [0, 0.05) is 31.3 Å². The number of aromatic nitrogens is 2. The van der Waals surface area contributed by atoms with Crippen molar-refractivity contribution in [3.05, 3.63) is 82.9 Å². The Kier molecular flexibility index (Phi) is 6.18. The van der Waals surface area contributed by atoms with Crippen LogP contribution in [0.2, 0.25) is 5.02 Å². The molecule has 8 heteroatoms. The van der Waals surface area contributed by atoms with Crippen molar-refractivity contribution in [3.63, 3.8) is 0 Å². The van der Waals surface area contributed by atoms with Gasteiger partial charge in [0.15, 0.2) is 0 Å². The van der Waals surface area contributed by atoms with Gasteiger partial charge < -0.3 is 15.4 Å². The van der Waals surface area contributed by atoms with Gasteiger partial charge in [-0.15, -0.1) is 0 Å². The second kappa shape index (κ2) is 8.96. The van der Waals surface area contributed by atoms with Crippen LogP contribution in [0.15, 0.2) is 61.2 Å². The van der Waals surface area contributed by atoms with Gasteiger partial charge in [0.1, 0.15) is 0 Å². The van der Waals surface area contributed by atoms with Crippen LogP contribution < -0.4 is 10.6 Å². The summed E-state index contributed by atoms with van der Waals surface area (Å²) in [5.41, 5.74) is 2.69. The standard InChI is InChI=1S/C20H17ClN4O3/c1-28-20(27)14-2-3-17(21)18(9-14)25-19(26)15-8-16(12-23-11-15)24-10-13-4-6-22-7-5-13/h2-9,11-12,24H,10H2,1H3,(H,25,26). The summed E-state index contributed by atoms with van der Waals surface area (Å²) in [6.07, 6.45) is 6.50. The summed E-state index contributed by atoms with van der Waals surface area (Å²) in [5.74, 6) is -0.917. The van der Waals surface area contributed by atoms with Crippen molar-refractivity contribution in [2.75, 3.05) is 17.7 Å². The minimum absolute atomic E-state index is 0.285. The molecule has 3 rings (SSSR count). The van der Waals surface area contributed by atoms with Crippen molar-refractivity contribution in [1.82, 2.24) is 9.97 Å². The van der Waals surface area contributed by atoms with Crippen LogP contribution >= 0.6 is 11.6 Å². The molecule has 28 heavy (non-hydrogen) atoms. The number of carbonyl (C=O) groups is 2. The highest BCUT2D eigenvalue weighted by atomic mass is 35.5. The molecule has 2 heterocycles. The first kappa shape index (κ1) is 19.3. The van der Waals surface area contributed by atoms with Crippen LogP contribution in [0.4, 0.5) is 11.4 Å². The fourth-order valence-corrected chi connectivity index (χ4v) is 2.59. The Bertz CT molecular complexity index is 996. The van der Waals surface area contributed by atoms with Crippen molar-refractivity contribution >= 4 is 34.9 Å². The number of pyridine rings is 2. The number of ether oxygens (including phenoxy) is 1. The van der Waals surface area contributed by atoms with E-state index in [1.807, 2.05) is 12.1 Å². The first-order valence-corrected chi connectivity index (χ1v) is 8.71. The first-order valence-electron chi connectivity index (χ1n) is 8.34. The van der Waals surface area contributed by atoms with E-state index < -0.39 is 11.9 Å². The normalized spacial score (nSPS) is 10.2. The lowest BCUT2D eigenvalue weighted by molar-refractivity contribution is 0.0600. The Hall–Kier alpha value is -3.45. The highest BCUT2D eigenvalue weighted by molar-refractivity contribution is 6.34. The van der Waals surface area contributed by atoms with Crippen LogP contribution in [0.5, 0.6) is 0 Å². The molecule has 0 atom stereocenters. The zero-order valence-electron chi connectivity index (χ0n) is 15.0. The molecular weight excluding hydrogens is 380 g/mol. The number of nitrogens with one attached hydrogen (secondary N) is 2. The molecule has 0 fully saturated rings. The molecule has 0 unspecified atom stereocenters. The molecule has 1 amide bonds. The van der Waals surface area contributed by atoms with Crippen LogP contribution in [0.25, 0.3) is 0 Å². The number of hydrogen-bond donors (Lipinski definition) is 2. The number of halogens is 1. The molecule has 0 saturated carbocycles. The van der Waals surface area contributed by atoms with Crippen LogP contribution in [0.1, 0.15) is 26.3 Å². The SMILES string of the molecule is COC(=O)c1ccc(Cl)c(NC(=O)c2cncc(NCc3ccncc3)c2)c1. The smallest absolute Gasteiger partial charge is 0.337 e. The lowest BCUT2D eigenvalue weighted by atomic mass is 10.2. The molecule has 0 aliphatic rings. The van der Waals surface area contributed by atoms with Crippen molar-refractivity contribution < 1.29 is 14.3 Å². The van der Waals surface area contributed by atoms with Crippen LogP contribution in [0.3, 0.4) is 0 Å². The maximum absolute atomic E-state index is 12.6. The number of carbonyl (C=O) groups excluding carboxylic acids is 2. The van der Waals surface area contributed by atoms with E-state index in [0.29, 0.717) is 28.5 Å². The average molecular weight is 397 g/mol. The molecule has 0 aliphatic carbocycles. The summed E-state index contributed by atoms with van der Waals surface area (Å²) in [4.78, 5) is 32.3. The van der Waals surface area contributed by atoms with Crippen LogP contribution in [0, 0.1) is 0 Å². The highest BCUT2D eigenvalue weighted by Crippen LogP contribution is 2.24. The Morgan fingerprint density at radius 2 is 1.82 bits per heavy atom. The Labute approximate surface area is 166 Å². The maximum Gasteiger partial charge on any atom is 0.337 e. The van der Waals surface area contributed by atoms with Gasteiger partial charge in [-0.2, -0.15) is 0 Å². The summed E-state index contributed by atoms with van der Waals surface area (Å²) in [6, 6.07) is 9.98. The van der Waals surface area contributed by atoms with Crippen LogP contribution in [-0.4, -0.2) is 29.0 Å². The Morgan fingerprint density at radius 3 is 2.57 bits per heavy atom. The lowest BCUT2D eigenvalue weighted by Gasteiger charge is -2.10. The molecule has 2 aromatic heterocycles. The number of nitrogens with zero attached hydrogens (tertiary/aromatic N) is 2. The first-order chi connectivity index (χ1) is 13.6. The highest BCUT2D eigenvalue weighted by Gasteiger charge is 2.13. The largest absolute Gasteiger partial charge is 0.465 e. The van der Waals surface area contributed by atoms with E-state index in [9.17, 15) is 9.59 Å². The second-order valence-corrected chi connectivity index (χ2v) is 6.22. The molecule has 0 bridgehead atoms. The number of amides is 1. The van der Waals surface area contributed by atoms with Crippen molar-refractivity contribution in [2.24, 2.45) is 0 Å². The summed E-state index contributed by atoms with van der Waals surface area (Å²) < 4.78 is 4.68. The number of hydrogen-bond acceptors (Lipinski definition) is 6. The van der Waals surface area contributed by atoms with E-state index in [1.54, 1.807) is 24.7 Å². The molecule has 7 nitrogen and oxygen atoms in total. The maximum atomic E-state index is 12.6. The van der Waals surface area contributed by atoms with E-state index in [4.69, 9.17) is 11.6 Å². The third-order valence-electron chi connectivity index (χ3n) is 3.88. The lowest BCUT2D eigenvalue weighted by Crippen LogP contribution is -2.14. The number of anilines is 2. The number of benzene rings is 1. The molecule has 1 aromatic carbocycles. The fourth-order valence-electron chi connectivity index (χ4n) is 2.43. The van der Waals surface area contributed by atoms with Gasteiger partial charge in [-0.05, 0) is 42.0 Å². The van der Waals surface area contributed by atoms with Crippen molar-refractivity contribution in [3.8, 4) is 0 Å². The van der Waals surface area contributed by atoms with E-state index in [-0.39, 0.29) is 5.56 Å². The second-order valence-electron chi connectivity index (χ2n) is 5.81. The summed E-state index contributed by atoms with van der Waals surface area (Å²) in [6.45, 7) is 0.572. The molecule has 0 spiro atoms. The fraction of sp³-hybridized carbons (Fsp3) is 0.100. The monoisotopic (exact) mass is 396 g/mol. The van der Waals surface area contributed by atoms with Gasteiger partial charge in [-0.25, -0.2) is 4.79 Å². The van der Waals surface area contributed by atoms with Crippen molar-refractivity contribution in [1.29, 1.82) is 0 Å². The number of esters is 1. The third kappa shape index (κ3) is 4.83. The van der Waals surface area contributed by atoms with E-state index in [2.05, 4.69) is 25.3 Å². The third-order valence-corrected chi connectivity index (χ3v) is 4.21. The Morgan fingerprint density at radius 1 is 1.04 bits per heavy atom. The quantitative estimate of drug-likeness (QED) is 0.616. The minimum Gasteiger partial charge on any atom is -0.465 e. The minimum atomic E-state index is -0.517. The van der Waals surface area contributed by atoms with Gasteiger partial charge >= 0.3 is 5.97 Å². The van der Waals surface area contributed by atoms with Gasteiger partial charge in [0.05, 0.1) is 34.6 Å². The van der Waals surface area contributed by atoms with Gasteiger partial charge in [-0.3, -0.25) is 14.8 Å². The molecule has 0 aliphatic heterocycles. The van der Waals surface area contributed by atoms with Gasteiger partial charge in [-0.1, -0.05) is 11.6 Å². The predicted molar refractivity (Wildman–Crippen MR) is 107 cm³/mol. The molecule has 0 radical (unpaired) electrons. The summed E-state index contributed by atoms with van der Waals surface area (Å²) >= 11 is 6.12.